The van der Waals surface area contributed by atoms with Gasteiger partial charge in [-0.3, -0.25) is 9.59 Å². The molecule has 0 saturated heterocycles. The van der Waals surface area contributed by atoms with Crippen LogP contribution in [0.5, 0.6) is 0 Å². The SMILES string of the molecule is COCCNC(=O)[C@@H](c1ccc(C)o1)N(Cc1ccco1)C(=O)Cn1nnc2ccccc21. The summed E-state index contributed by atoms with van der Waals surface area (Å²) in [6.07, 6.45) is 1.52. The standard InChI is InChI=1S/C23H25N5O5/c1-16-9-10-20(33-16)22(23(30)24-11-13-31-2)27(14-17-6-5-12-32-17)21(29)15-28-19-8-4-3-7-18(19)25-26-28/h3-10,12,22H,11,13-15H2,1-2H3,(H,24,30)/t22-/m1/s1. The van der Waals surface area contributed by atoms with Crippen molar-refractivity contribution in [3.8, 4) is 0 Å². The van der Waals surface area contributed by atoms with Crippen LogP contribution in [-0.2, 0) is 27.4 Å². The summed E-state index contributed by atoms with van der Waals surface area (Å²) in [5, 5.41) is 11.0. The average Bonchev–Trinajstić information content (AvgIpc) is 3.56. The van der Waals surface area contributed by atoms with Gasteiger partial charge in [-0.15, -0.1) is 5.10 Å². The number of para-hydroxylation sites is 1. The molecule has 3 heterocycles. The third kappa shape index (κ3) is 5.12. The number of methoxy groups -OCH3 is 1. The van der Waals surface area contributed by atoms with Gasteiger partial charge in [-0.1, -0.05) is 17.3 Å². The van der Waals surface area contributed by atoms with E-state index in [4.69, 9.17) is 13.6 Å². The van der Waals surface area contributed by atoms with Crippen molar-refractivity contribution in [1.82, 2.24) is 25.2 Å². The molecule has 1 N–H and O–H groups in total. The van der Waals surface area contributed by atoms with E-state index >= 15 is 0 Å². The molecule has 0 spiro atoms. The maximum absolute atomic E-state index is 13.6. The zero-order valence-electron chi connectivity index (χ0n) is 18.4. The van der Waals surface area contributed by atoms with Gasteiger partial charge in [0.1, 0.15) is 29.3 Å². The van der Waals surface area contributed by atoms with Crippen LogP contribution in [-0.4, -0.2) is 52.0 Å². The van der Waals surface area contributed by atoms with Crippen molar-refractivity contribution in [1.29, 1.82) is 0 Å². The van der Waals surface area contributed by atoms with Gasteiger partial charge >= 0.3 is 0 Å². The molecule has 0 aliphatic rings. The second-order valence-electron chi connectivity index (χ2n) is 7.47. The van der Waals surface area contributed by atoms with Gasteiger partial charge in [0.05, 0.1) is 24.9 Å². The molecule has 1 atom stereocenters. The lowest BCUT2D eigenvalue weighted by Gasteiger charge is -2.29. The quantitative estimate of drug-likeness (QED) is 0.368. The molecule has 0 radical (unpaired) electrons. The van der Waals surface area contributed by atoms with Crippen LogP contribution in [0.15, 0.2) is 63.6 Å². The Labute approximate surface area is 190 Å². The van der Waals surface area contributed by atoms with E-state index in [9.17, 15) is 9.59 Å². The largest absolute Gasteiger partial charge is 0.467 e. The van der Waals surface area contributed by atoms with Crippen LogP contribution in [0.4, 0.5) is 0 Å². The minimum atomic E-state index is -1.01. The number of hydrogen-bond donors (Lipinski definition) is 1. The molecule has 2 amide bonds. The highest BCUT2D eigenvalue weighted by Gasteiger charge is 2.34. The molecule has 4 rings (SSSR count). The Kier molecular flexibility index (Phi) is 6.84. The van der Waals surface area contributed by atoms with Crippen LogP contribution < -0.4 is 5.32 Å². The molecule has 0 bridgehead atoms. The zero-order valence-corrected chi connectivity index (χ0v) is 18.4. The van der Waals surface area contributed by atoms with Gasteiger partial charge in [-0.05, 0) is 43.3 Å². The van der Waals surface area contributed by atoms with Gasteiger partial charge in [-0.25, -0.2) is 4.68 Å². The van der Waals surface area contributed by atoms with Crippen molar-refractivity contribution in [3.63, 3.8) is 0 Å². The lowest BCUT2D eigenvalue weighted by atomic mass is 10.1. The van der Waals surface area contributed by atoms with Gasteiger partial charge in [0.15, 0.2) is 6.04 Å². The third-order valence-corrected chi connectivity index (χ3v) is 5.13. The monoisotopic (exact) mass is 451 g/mol. The fraction of sp³-hybridized carbons (Fsp3) is 0.304. The molecule has 0 aliphatic heterocycles. The maximum Gasteiger partial charge on any atom is 0.250 e. The highest BCUT2D eigenvalue weighted by Crippen LogP contribution is 2.26. The van der Waals surface area contributed by atoms with Crippen molar-refractivity contribution in [2.24, 2.45) is 0 Å². The van der Waals surface area contributed by atoms with Crippen LogP contribution >= 0.6 is 0 Å². The highest BCUT2D eigenvalue weighted by atomic mass is 16.5. The molecule has 1 aromatic carbocycles. The first-order valence-electron chi connectivity index (χ1n) is 10.5. The number of carbonyl (C=O) groups is 2. The molecule has 3 aromatic heterocycles. The van der Waals surface area contributed by atoms with Crippen molar-refractivity contribution in [2.45, 2.75) is 26.1 Å². The van der Waals surface area contributed by atoms with Crippen LogP contribution in [0.1, 0.15) is 23.3 Å². The van der Waals surface area contributed by atoms with Crippen molar-refractivity contribution in [2.75, 3.05) is 20.3 Å². The Morgan fingerprint density at radius 3 is 2.76 bits per heavy atom. The van der Waals surface area contributed by atoms with Crippen molar-refractivity contribution in [3.05, 3.63) is 72.1 Å². The van der Waals surface area contributed by atoms with E-state index in [0.29, 0.717) is 35.9 Å². The molecular formula is C23H25N5O5. The summed E-state index contributed by atoms with van der Waals surface area (Å²) >= 11 is 0. The molecule has 33 heavy (non-hydrogen) atoms. The number of furan rings is 2. The summed E-state index contributed by atoms with van der Waals surface area (Å²) < 4.78 is 17.8. The van der Waals surface area contributed by atoms with E-state index in [0.717, 1.165) is 5.52 Å². The molecule has 0 aliphatic carbocycles. The normalized spacial score (nSPS) is 12.1. The molecule has 10 heteroatoms. The van der Waals surface area contributed by atoms with Crippen LogP contribution in [0.25, 0.3) is 11.0 Å². The number of benzene rings is 1. The maximum atomic E-state index is 13.6. The number of carbonyl (C=O) groups excluding carboxylic acids is 2. The van der Waals surface area contributed by atoms with Crippen LogP contribution in [0.2, 0.25) is 0 Å². The molecule has 0 fully saturated rings. The van der Waals surface area contributed by atoms with Crippen LogP contribution in [0, 0.1) is 6.92 Å². The number of fused-ring (bicyclic) bond motifs is 1. The Balaban J connectivity index is 1.67. The van der Waals surface area contributed by atoms with Gasteiger partial charge in [0.2, 0.25) is 5.91 Å². The van der Waals surface area contributed by atoms with Gasteiger partial charge in [0, 0.05) is 13.7 Å². The fourth-order valence-electron chi connectivity index (χ4n) is 3.54. The molecule has 0 unspecified atom stereocenters. The third-order valence-electron chi connectivity index (χ3n) is 5.13. The number of ether oxygens (including phenoxy) is 1. The molecule has 4 aromatic rings. The fourth-order valence-corrected chi connectivity index (χ4v) is 3.54. The van der Waals surface area contributed by atoms with E-state index < -0.39 is 6.04 Å². The van der Waals surface area contributed by atoms with E-state index in [1.54, 1.807) is 38.3 Å². The number of amides is 2. The summed E-state index contributed by atoms with van der Waals surface area (Å²) in [4.78, 5) is 28.2. The van der Waals surface area contributed by atoms with Crippen LogP contribution in [0.3, 0.4) is 0 Å². The van der Waals surface area contributed by atoms with E-state index in [2.05, 4.69) is 15.6 Å². The summed E-state index contributed by atoms with van der Waals surface area (Å²) in [5.74, 6) is 0.788. The first-order valence-corrected chi connectivity index (χ1v) is 10.5. The number of aromatic nitrogens is 3. The van der Waals surface area contributed by atoms with Gasteiger partial charge in [-0.2, -0.15) is 0 Å². The number of aryl methyl sites for hydroxylation is 1. The zero-order chi connectivity index (χ0) is 23.2. The predicted octanol–water partition coefficient (Wildman–Crippen LogP) is 2.46. The van der Waals surface area contributed by atoms with E-state index in [-0.39, 0.29) is 24.9 Å². The minimum Gasteiger partial charge on any atom is -0.467 e. The lowest BCUT2D eigenvalue weighted by Crippen LogP contribution is -2.45. The first-order chi connectivity index (χ1) is 16.1. The average molecular weight is 451 g/mol. The molecular weight excluding hydrogens is 426 g/mol. The van der Waals surface area contributed by atoms with Crippen molar-refractivity contribution >= 4 is 22.8 Å². The minimum absolute atomic E-state index is 0.0700. The van der Waals surface area contributed by atoms with Gasteiger partial charge in [0.25, 0.3) is 5.91 Å². The number of nitrogens with one attached hydrogen (secondary N) is 1. The van der Waals surface area contributed by atoms with Crippen molar-refractivity contribution < 1.29 is 23.2 Å². The summed E-state index contributed by atoms with van der Waals surface area (Å²) in [6.45, 7) is 2.38. The van der Waals surface area contributed by atoms with E-state index in [1.165, 1.54) is 15.8 Å². The molecule has 172 valence electrons. The summed E-state index contributed by atoms with van der Waals surface area (Å²) in [7, 11) is 1.55. The Bertz CT molecular complexity index is 1210. The Morgan fingerprint density at radius 2 is 2.03 bits per heavy atom. The number of nitrogens with zero attached hydrogens (tertiary/aromatic N) is 4. The molecule has 0 saturated carbocycles. The highest BCUT2D eigenvalue weighted by molar-refractivity contribution is 5.88. The first kappa shape index (κ1) is 22.3. The van der Waals surface area contributed by atoms with E-state index in [1.807, 2.05) is 24.3 Å². The Hall–Kier alpha value is -3.92. The smallest absolute Gasteiger partial charge is 0.250 e. The predicted molar refractivity (Wildman–Crippen MR) is 118 cm³/mol. The summed E-state index contributed by atoms with van der Waals surface area (Å²) in [5.41, 5.74) is 1.40. The second-order valence-corrected chi connectivity index (χ2v) is 7.47. The lowest BCUT2D eigenvalue weighted by molar-refractivity contribution is -0.143. The van der Waals surface area contributed by atoms with Gasteiger partial charge < -0.3 is 23.8 Å². The molecule has 10 nitrogen and oxygen atoms in total. The number of rotatable bonds is 10. The summed E-state index contributed by atoms with van der Waals surface area (Å²) in [6, 6.07) is 13.3. The Morgan fingerprint density at radius 1 is 1.18 bits per heavy atom. The topological polar surface area (TPSA) is 116 Å². The number of hydrogen-bond acceptors (Lipinski definition) is 7. The second kappa shape index (κ2) is 10.1.